The van der Waals surface area contributed by atoms with Crippen LogP contribution < -0.4 is 5.32 Å². The zero-order valence-electron chi connectivity index (χ0n) is 11.5. The van der Waals surface area contributed by atoms with E-state index in [1.165, 1.54) is 4.90 Å². The third kappa shape index (κ3) is 3.62. The van der Waals surface area contributed by atoms with E-state index in [4.69, 9.17) is 5.11 Å². The highest BCUT2D eigenvalue weighted by Gasteiger charge is 2.63. The molecule has 0 aromatic rings. The first-order chi connectivity index (χ1) is 9.08. The molecule has 0 bridgehead atoms. The fourth-order valence-electron chi connectivity index (χ4n) is 2.13. The molecule has 8 heteroatoms. The Hall–Kier alpha value is -1.31. The van der Waals surface area contributed by atoms with Gasteiger partial charge in [0.1, 0.15) is 0 Å². The standard InChI is InChI=1S/C12H19F3N2O3/c1-8(2)5-16-9(18)6-17-4-3-11(7-17,10(19)20)12(13,14)15/h8H,3-7H2,1-2H3,(H,16,18)(H,19,20). The number of carboxylic acid groups (broad SMARTS) is 1. The number of alkyl halides is 3. The number of carboxylic acids is 1. The number of rotatable bonds is 5. The van der Waals surface area contributed by atoms with Crippen molar-refractivity contribution in [1.82, 2.24) is 10.2 Å². The van der Waals surface area contributed by atoms with Crippen LogP contribution in [0.5, 0.6) is 0 Å². The van der Waals surface area contributed by atoms with Gasteiger partial charge >= 0.3 is 12.1 Å². The molecule has 1 fully saturated rings. The van der Waals surface area contributed by atoms with Gasteiger partial charge in [-0.25, -0.2) is 0 Å². The van der Waals surface area contributed by atoms with Crippen LogP contribution in [0.25, 0.3) is 0 Å². The topological polar surface area (TPSA) is 69.6 Å². The van der Waals surface area contributed by atoms with Gasteiger partial charge in [0.15, 0.2) is 5.41 Å². The number of carbonyl (C=O) groups is 2. The molecule has 0 aromatic heterocycles. The molecule has 20 heavy (non-hydrogen) atoms. The van der Waals surface area contributed by atoms with Gasteiger partial charge in [0, 0.05) is 19.6 Å². The first kappa shape index (κ1) is 16.7. The summed E-state index contributed by atoms with van der Waals surface area (Å²) >= 11 is 0. The predicted molar refractivity (Wildman–Crippen MR) is 65.0 cm³/mol. The van der Waals surface area contributed by atoms with Gasteiger partial charge in [0.05, 0.1) is 6.54 Å². The number of nitrogens with zero attached hydrogens (tertiary/aromatic N) is 1. The molecule has 0 saturated carbocycles. The first-order valence-corrected chi connectivity index (χ1v) is 6.37. The van der Waals surface area contributed by atoms with Crippen LogP contribution in [0, 0.1) is 11.3 Å². The highest BCUT2D eigenvalue weighted by molar-refractivity contribution is 5.79. The third-order valence-corrected chi connectivity index (χ3v) is 3.38. The summed E-state index contributed by atoms with van der Waals surface area (Å²) < 4.78 is 38.8. The first-order valence-electron chi connectivity index (χ1n) is 6.37. The lowest BCUT2D eigenvalue weighted by Crippen LogP contribution is -2.48. The van der Waals surface area contributed by atoms with E-state index in [-0.39, 0.29) is 24.9 Å². The number of aliphatic carboxylic acids is 1. The predicted octanol–water partition coefficient (Wildman–Crippen LogP) is 1.10. The van der Waals surface area contributed by atoms with E-state index in [1.807, 2.05) is 13.8 Å². The van der Waals surface area contributed by atoms with E-state index in [9.17, 15) is 22.8 Å². The molecule has 5 nitrogen and oxygen atoms in total. The smallest absolute Gasteiger partial charge is 0.406 e. The van der Waals surface area contributed by atoms with Crippen molar-refractivity contribution in [2.75, 3.05) is 26.2 Å². The minimum atomic E-state index is -4.82. The summed E-state index contributed by atoms with van der Waals surface area (Å²) in [5.74, 6) is -2.03. The van der Waals surface area contributed by atoms with Crippen LogP contribution in [0.4, 0.5) is 13.2 Å². The van der Waals surface area contributed by atoms with Crippen molar-refractivity contribution in [3.8, 4) is 0 Å². The average Bonchev–Trinajstić information content (AvgIpc) is 2.71. The average molecular weight is 296 g/mol. The highest BCUT2D eigenvalue weighted by atomic mass is 19.4. The molecule has 1 amide bonds. The van der Waals surface area contributed by atoms with Gasteiger partial charge < -0.3 is 10.4 Å². The lowest BCUT2D eigenvalue weighted by atomic mass is 9.86. The largest absolute Gasteiger partial charge is 0.481 e. The van der Waals surface area contributed by atoms with Gasteiger partial charge in [-0.2, -0.15) is 13.2 Å². The van der Waals surface area contributed by atoms with E-state index in [0.717, 1.165) is 0 Å². The molecule has 1 unspecified atom stereocenters. The fourth-order valence-corrected chi connectivity index (χ4v) is 2.13. The zero-order valence-corrected chi connectivity index (χ0v) is 11.5. The van der Waals surface area contributed by atoms with Crippen molar-refractivity contribution in [3.05, 3.63) is 0 Å². The monoisotopic (exact) mass is 296 g/mol. The van der Waals surface area contributed by atoms with Gasteiger partial charge in [-0.05, 0) is 12.3 Å². The van der Waals surface area contributed by atoms with E-state index >= 15 is 0 Å². The van der Waals surface area contributed by atoms with E-state index in [0.29, 0.717) is 6.54 Å². The summed E-state index contributed by atoms with van der Waals surface area (Å²) in [4.78, 5) is 23.8. The summed E-state index contributed by atoms with van der Waals surface area (Å²) in [7, 11) is 0. The van der Waals surface area contributed by atoms with Gasteiger partial charge in [0.25, 0.3) is 0 Å². The lowest BCUT2D eigenvalue weighted by Gasteiger charge is -2.27. The zero-order chi connectivity index (χ0) is 15.6. The molecule has 1 atom stereocenters. The second-order valence-corrected chi connectivity index (χ2v) is 5.54. The molecule has 0 aliphatic carbocycles. The molecule has 2 N–H and O–H groups in total. The number of hydrogen-bond donors (Lipinski definition) is 2. The second-order valence-electron chi connectivity index (χ2n) is 5.54. The molecule has 1 rings (SSSR count). The van der Waals surface area contributed by atoms with Crippen molar-refractivity contribution < 1.29 is 27.9 Å². The van der Waals surface area contributed by atoms with Gasteiger partial charge in [-0.1, -0.05) is 13.8 Å². The van der Waals surface area contributed by atoms with Crippen molar-refractivity contribution in [3.63, 3.8) is 0 Å². The number of halogens is 3. The van der Waals surface area contributed by atoms with E-state index in [1.54, 1.807) is 0 Å². The highest BCUT2D eigenvalue weighted by Crippen LogP contribution is 2.45. The summed E-state index contributed by atoms with van der Waals surface area (Å²) in [6.45, 7) is 3.29. The van der Waals surface area contributed by atoms with Crippen LogP contribution >= 0.6 is 0 Å². The summed E-state index contributed by atoms with van der Waals surface area (Å²) in [5, 5.41) is 11.5. The van der Waals surface area contributed by atoms with E-state index in [2.05, 4.69) is 5.32 Å². The van der Waals surface area contributed by atoms with Crippen LogP contribution in [0.15, 0.2) is 0 Å². The van der Waals surface area contributed by atoms with Gasteiger partial charge in [-0.15, -0.1) is 0 Å². The molecule has 1 aliphatic rings. The molecular weight excluding hydrogens is 277 g/mol. The second kappa shape index (κ2) is 5.99. The number of nitrogens with one attached hydrogen (secondary N) is 1. The van der Waals surface area contributed by atoms with Crippen LogP contribution in [-0.2, 0) is 9.59 Å². The maximum Gasteiger partial charge on any atom is 0.406 e. The quantitative estimate of drug-likeness (QED) is 0.797. The Morgan fingerprint density at radius 2 is 2.00 bits per heavy atom. The summed E-state index contributed by atoms with van der Waals surface area (Å²) in [6.07, 6.45) is -5.34. The van der Waals surface area contributed by atoms with Crippen LogP contribution in [-0.4, -0.2) is 54.2 Å². The molecule has 116 valence electrons. The fraction of sp³-hybridized carbons (Fsp3) is 0.833. The molecule has 1 saturated heterocycles. The third-order valence-electron chi connectivity index (χ3n) is 3.38. The maximum absolute atomic E-state index is 12.9. The molecule has 1 heterocycles. The normalized spacial score (nSPS) is 24.1. The molecule has 1 aliphatic heterocycles. The molecule has 0 aromatic carbocycles. The van der Waals surface area contributed by atoms with Crippen LogP contribution in [0.2, 0.25) is 0 Å². The van der Waals surface area contributed by atoms with Gasteiger partial charge in [-0.3, -0.25) is 14.5 Å². The Morgan fingerprint density at radius 3 is 2.40 bits per heavy atom. The molecule has 0 spiro atoms. The number of hydrogen-bond acceptors (Lipinski definition) is 3. The number of carbonyl (C=O) groups excluding carboxylic acids is 1. The SMILES string of the molecule is CC(C)CNC(=O)CN1CCC(C(=O)O)(C(F)(F)F)C1. The Labute approximate surface area is 115 Å². The van der Waals surface area contributed by atoms with Crippen molar-refractivity contribution >= 4 is 11.9 Å². The van der Waals surface area contributed by atoms with Crippen LogP contribution in [0.3, 0.4) is 0 Å². The summed E-state index contributed by atoms with van der Waals surface area (Å²) in [6, 6.07) is 0. The summed E-state index contributed by atoms with van der Waals surface area (Å²) in [5.41, 5.74) is -2.76. The van der Waals surface area contributed by atoms with Crippen molar-refractivity contribution in [2.45, 2.75) is 26.4 Å². The minimum absolute atomic E-state index is 0.0547. The number of amides is 1. The Balaban J connectivity index is 2.62. The van der Waals surface area contributed by atoms with Crippen molar-refractivity contribution in [1.29, 1.82) is 0 Å². The van der Waals surface area contributed by atoms with Crippen LogP contribution in [0.1, 0.15) is 20.3 Å². The van der Waals surface area contributed by atoms with E-state index < -0.39 is 30.5 Å². The van der Waals surface area contributed by atoms with Crippen molar-refractivity contribution in [2.24, 2.45) is 11.3 Å². The Bertz CT molecular complexity index is 385. The van der Waals surface area contributed by atoms with Gasteiger partial charge in [0.2, 0.25) is 5.91 Å². The molecular formula is C12H19F3N2O3. The Morgan fingerprint density at radius 1 is 1.40 bits per heavy atom. The lowest BCUT2D eigenvalue weighted by molar-refractivity contribution is -0.227. The maximum atomic E-state index is 12.9. The minimum Gasteiger partial charge on any atom is -0.481 e. The molecule has 0 radical (unpaired) electrons. The number of likely N-dealkylation sites (tertiary alicyclic amines) is 1. The Kier molecular flexibility index (Phi) is 5.01.